The smallest absolute Gasteiger partial charge is 0.172 e. The maximum atomic E-state index is 2.35. The summed E-state index contributed by atoms with van der Waals surface area (Å²) in [4.78, 5) is 0. The summed E-state index contributed by atoms with van der Waals surface area (Å²) in [6.07, 6.45) is 0. The van der Waals surface area contributed by atoms with E-state index in [2.05, 4.69) is 105 Å². The van der Waals surface area contributed by atoms with Crippen molar-refractivity contribution in [1.29, 1.82) is 0 Å². The first-order valence-corrected chi connectivity index (χ1v) is 13.5. The Morgan fingerprint density at radius 1 is 0.750 bits per heavy atom. The molecule has 0 saturated carbocycles. The van der Waals surface area contributed by atoms with Gasteiger partial charge in [-0.05, 0) is 10.8 Å². The zero-order chi connectivity index (χ0) is 24.1. The van der Waals surface area contributed by atoms with E-state index in [1.54, 1.807) is 3.26 Å². The second kappa shape index (κ2) is 11.0. The van der Waals surface area contributed by atoms with Gasteiger partial charge >= 0.3 is 53.8 Å². The molecule has 0 bridgehead atoms. The van der Waals surface area contributed by atoms with Crippen LogP contribution in [-0.4, -0.2) is 3.26 Å². The molecule has 0 spiro atoms. The molecule has 0 unspecified atom stereocenters. The van der Waals surface area contributed by atoms with E-state index < -0.39 is 0 Å². The van der Waals surface area contributed by atoms with Gasteiger partial charge in [-0.3, -0.25) is 0 Å². The molecule has 0 aliphatic carbocycles. The number of fused-ring (bicyclic) bond motifs is 3. The Morgan fingerprint density at radius 2 is 1.12 bits per heavy atom. The standard InChI is InChI=1S/C21H25.C5H5.C5H10.Hf/c1-20(2,3)16-7-9-18-14(12-16)11-15-13-17(21(4,5)6)8-10-19(15)18;1-2-4-5-3-1;1-4-5(2)3;/h7-13H,1-6H3;1-5H;5H,1-3H3;/q2*-1;;+2. The average molecular weight is 591 g/mol. The van der Waals surface area contributed by atoms with E-state index in [1.807, 2.05) is 30.3 Å². The van der Waals surface area contributed by atoms with Crippen LogP contribution in [-0.2, 0) is 34.7 Å². The van der Waals surface area contributed by atoms with Gasteiger partial charge in [0.1, 0.15) is 0 Å². The number of hydrogen-bond acceptors (Lipinski definition) is 0. The second-order valence-corrected chi connectivity index (χ2v) is 13.9. The maximum Gasteiger partial charge on any atom is -0.172 e. The number of hydrogen-bond donors (Lipinski definition) is 0. The average Bonchev–Trinajstić information content (AvgIpc) is 3.37. The third-order valence-corrected chi connectivity index (χ3v) is 7.93. The van der Waals surface area contributed by atoms with Crippen LogP contribution >= 0.6 is 0 Å². The third kappa shape index (κ3) is 7.48. The molecule has 4 aromatic rings. The summed E-state index contributed by atoms with van der Waals surface area (Å²) < 4.78 is 1.65. The molecule has 0 aromatic heterocycles. The van der Waals surface area contributed by atoms with Gasteiger partial charge in [0.15, 0.2) is 0 Å². The van der Waals surface area contributed by atoms with Crippen molar-refractivity contribution in [2.24, 2.45) is 5.92 Å². The van der Waals surface area contributed by atoms with E-state index in [0.29, 0.717) is 0 Å². The molecule has 4 rings (SSSR count). The number of benzene rings is 2. The summed E-state index contributed by atoms with van der Waals surface area (Å²) in [5.41, 5.74) is 3.21. The van der Waals surface area contributed by atoms with Gasteiger partial charge in [0.05, 0.1) is 0 Å². The van der Waals surface area contributed by atoms with Crippen LogP contribution in [0.1, 0.15) is 73.4 Å². The molecule has 32 heavy (non-hydrogen) atoms. The molecule has 0 nitrogen and oxygen atoms in total. The first-order chi connectivity index (χ1) is 14.8. The second-order valence-electron chi connectivity index (χ2n) is 11.0. The Hall–Kier alpha value is -1.60. The van der Waals surface area contributed by atoms with Gasteiger partial charge in [-0.1, -0.05) is 76.9 Å². The van der Waals surface area contributed by atoms with Crippen LogP contribution in [0.25, 0.3) is 21.5 Å². The first kappa shape index (κ1) is 26.7. The summed E-state index contributed by atoms with van der Waals surface area (Å²) in [7, 11) is 0. The zero-order valence-corrected chi connectivity index (χ0v) is 25.1. The zero-order valence-electron chi connectivity index (χ0n) is 21.5. The topological polar surface area (TPSA) is 0 Å². The van der Waals surface area contributed by atoms with Gasteiger partial charge in [-0.25, -0.2) is 12.1 Å². The summed E-state index contributed by atoms with van der Waals surface area (Å²) in [5, 5.41) is 5.48. The van der Waals surface area contributed by atoms with Crippen molar-refractivity contribution < 1.29 is 23.9 Å². The molecule has 0 heterocycles. The summed E-state index contributed by atoms with van der Waals surface area (Å²) in [6, 6.07) is 26.2. The van der Waals surface area contributed by atoms with Gasteiger partial charge in [0.25, 0.3) is 0 Å². The minimum atomic E-state index is 0.203. The minimum absolute atomic E-state index is 0.203. The fourth-order valence-corrected chi connectivity index (χ4v) is 3.28. The maximum absolute atomic E-state index is 2.35. The van der Waals surface area contributed by atoms with E-state index in [4.69, 9.17) is 0 Å². The van der Waals surface area contributed by atoms with Crippen LogP contribution < -0.4 is 0 Å². The van der Waals surface area contributed by atoms with E-state index in [9.17, 15) is 0 Å². The Kier molecular flexibility index (Phi) is 9.17. The first-order valence-electron chi connectivity index (χ1n) is 11.7. The SMILES string of the molecule is CC(C)(C)c1ccc2c(c1)[cH-]c1cc(C(C)(C)C)ccc12.C[C](=[Hf+2])C(C)C.c1cc[cH-]c1. The Balaban J connectivity index is 0.000000272. The van der Waals surface area contributed by atoms with Crippen LogP contribution in [0.4, 0.5) is 0 Å². The molecule has 4 aromatic carbocycles. The molecule has 0 fully saturated rings. The molecule has 0 saturated heterocycles. The predicted octanol–water partition coefficient (Wildman–Crippen LogP) is 9.09. The largest absolute Gasteiger partial charge is 0.214 e. The van der Waals surface area contributed by atoms with Crippen LogP contribution in [0.5, 0.6) is 0 Å². The van der Waals surface area contributed by atoms with Gasteiger partial charge in [-0.2, -0.15) is 18.2 Å². The van der Waals surface area contributed by atoms with Crippen molar-refractivity contribution >= 4 is 24.8 Å². The summed E-state index contributed by atoms with van der Waals surface area (Å²) in [6.45, 7) is 20.3. The molecule has 0 N–H and O–H groups in total. The minimum Gasteiger partial charge on any atom is -0.214 e. The van der Waals surface area contributed by atoms with Gasteiger partial charge in [0, 0.05) is 0 Å². The van der Waals surface area contributed by atoms with Crippen molar-refractivity contribution in [3.8, 4) is 0 Å². The molecule has 0 aliphatic heterocycles. The van der Waals surface area contributed by atoms with Crippen LogP contribution in [0.2, 0.25) is 0 Å². The normalized spacial score (nSPS) is 11.8. The molecule has 1 heteroatoms. The monoisotopic (exact) mass is 592 g/mol. The van der Waals surface area contributed by atoms with E-state index >= 15 is 0 Å². The Morgan fingerprint density at radius 3 is 1.38 bits per heavy atom. The van der Waals surface area contributed by atoms with Crippen molar-refractivity contribution in [2.75, 3.05) is 0 Å². The molecular formula is C31H40Hf. The van der Waals surface area contributed by atoms with Crippen molar-refractivity contribution in [2.45, 2.75) is 73.1 Å². The van der Waals surface area contributed by atoms with Crippen LogP contribution in [0, 0.1) is 5.92 Å². The molecule has 0 amide bonds. The van der Waals surface area contributed by atoms with E-state index in [0.717, 1.165) is 5.92 Å². The fraction of sp³-hybridized carbons (Fsp3) is 0.387. The van der Waals surface area contributed by atoms with Crippen LogP contribution in [0.15, 0.2) is 72.8 Å². The van der Waals surface area contributed by atoms with Crippen molar-refractivity contribution in [1.82, 2.24) is 0 Å². The molecular weight excluding hydrogens is 551 g/mol. The van der Waals surface area contributed by atoms with Gasteiger partial charge in [0.2, 0.25) is 0 Å². The quantitative estimate of drug-likeness (QED) is 0.153. The van der Waals surface area contributed by atoms with Crippen molar-refractivity contribution in [3.05, 3.63) is 83.9 Å². The van der Waals surface area contributed by atoms with Crippen LogP contribution in [0.3, 0.4) is 0 Å². The fourth-order valence-electron chi connectivity index (χ4n) is 3.28. The van der Waals surface area contributed by atoms with E-state index in [-0.39, 0.29) is 10.8 Å². The Labute approximate surface area is 210 Å². The molecule has 168 valence electrons. The summed E-state index contributed by atoms with van der Waals surface area (Å²) in [5.74, 6) is 0.830. The molecule has 0 atom stereocenters. The molecule has 0 aliphatic rings. The van der Waals surface area contributed by atoms with E-state index in [1.165, 1.54) is 56.6 Å². The third-order valence-electron chi connectivity index (χ3n) is 5.86. The van der Waals surface area contributed by atoms with Gasteiger partial charge in [-0.15, -0.1) is 39.7 Å². The number of rotatable bonds is 1. The van der Waals surface area contributed by atoms with Gasteiger partial charge < -0.3 is 0 Å². The summed E-state index contributed by atoms with van der Waals surface area (Å²) >= 11 is 1.27. The van der Waals surface area contributed by atoms with Crippen molar-refractivity contribution in [3.63, 3.8) is 0 Å². The Bertz CT molecular complexity index is 1040. The molecule has 0 radical (unpaired) electrons. The predicted molar refractivity (Wildman–Crippen MR) is 142 cm³/mol.